The summed E-state index contributed by atoms with van der Waals surface area (Å²) in [4.78, 5) is 14.6. The molecule has 0 bridgehead atoms. The number of anilines is 1. The molecule has 0 atom stereocenters. The normalized spacial score (nSPS) is 11.1. The number of nitrogens with zero attached hydrogens (tertiary/aromatic N) is 4. The van der Waals surface area contributed by atoms with E-state index >= 15 is 0 Å². The lowest BCUT2D eigenvalue weighted by Gasteiger charge is -2.08. The number of nitrogens with one attached hydrogen (secondary N) is 1. The molecule has 0 aliphatic rings. The van der Waals surface area contributed by atoms with Crippen molar-refractivity contribution < 1.29 is 4.92 Å². The Morgan fingerprint density at radius 2 is 1.93 bits per heavy atom. The van der Waals surface area contributed by atoms with Gasteiger partial charge in [-0.2, -0.15) is 5.10 Å². The van der Waals surface area contributed by atoms with Gasteiger partial charge in [0, 0.05) is 42.2 Å². The lowest BCUT2D eigenvalue weighted by Crippen LogP contribution is -1.99. The van der Waals surface area contributed by atoms with Gasteiger partial charge in [0.05, 0.1) is 16.8 Å². The maximum absolute atomic E-state index is 10.7. The van der Waals surface area contributed by atoms with Crippen LogP contribution in [0.25, 0.3) is 23.0 Å². The highest BCUT2D eigenvalue weighted by atomic mass is 16.6. The molecule has 0 aliphatic heterocycles. The predicted octanol–water partition coefficient (Wildman–Crippen LogP) is 4.43. The van der Waals surface area contributed by atoms with Gasteiger partial charge < -0.3 is 5.32 Å². The van der Waals surface area contributed by atoms with Gasteiger partial charge in [-0.25, -0.2) is 9.50 Å². The fourth-order valence-corrected chi connectivity index (χ4v) is 2.92. The first kappa shape index (κ1) is 17.4. The highest BCUT2D eigenvalue weighted by Crippen LogP contribution is 2.22. The van der Waals surface area contributed by atoms with Crippen molar-refractivity contribution >= 4 is 23.1 Å². The number of nitro groups is 1. The minimum absolute atomic E-state index is 0.0921. The Balaban J connectivity index is 1.44. The van der Waals surface area contributed by atoms with E-state index in [2.05, 4.69) is 21.5 Å². The van der Waals surface area contributed by atoms with Crippen LogP contribution in [0, 0.1) is 10.1 Å². The molecule has 7 nitrogen and oxygen atoms in total. The monoisotopic (exact) mass is 371 g/mol. The summed E-state index contributed by atoms with van der Waals surface area (Å²) in [5, 5.41) is 18.4. The molecule has 0 unspecified atom stereocenters. The molecule has 0 saturated carbocycles. The standard InChI is InChI=1S/C21H17N5O2/c27-26(28)19-8-6-16(7-9-19)3-2-12-22-18-5-1-4-17(15-18)20-10-13-23-21-11-14-24-25(20)21/h1-11,13-15,22H,12H2/b3-2+. The minimum atomic E-state index is -0.401. The number of nitro benzene ring substituents is 1. The fourth-order valence-electron chi connectivity index (χ4n) is 2.92. The first-order chi connectivity index (χ1) is 13.7. The van der Waals surface area contributed by atoms with Gasteiger partial charge in [0.2, 0.25) is 0 Å². The number of benzene rings is 2. The van der Waals surface area contributed by atoms with E-state index in [4.69, 9.17) is 0 Å². The van der Waals surface area contributed by atoms with Crippen molar-refractivity contribution in [3.63, 3.8) is 0 Å². The second kappa shape index (κ2) is 7.71. The topological polar surface area (TPSA) is 85.4 Å². The summed E-state index contributed by atoms with van der Waals surface area (Å²) in [5.74, 6) is 0. The summed E-state index contributed by atoms with van der Waals surface area (Å²) >= 11 is 0. The lowest BCUT2D eigenvalue weighted by molar-refractivity contribution is -0.384. The van der Waals surface area contributed by atoms with Crippen molar-refractivity contribution in [2.75, 3.05) is 11.9 Å². The maximum Gasteiger partial charge on any atom is 0.269 e. The van der Waals surface area contributed by atoms with Gasteiger partial charge in [0.15, 0.2) is 5.65 Å². The molecule has 7 heteroatoms. The van der Waals surface area contributed by atoms with E-state index in [0.29, 0.717) is 6.54 Å². The zero-order chi connectivity index (χ0) is 19.3. The fraction of sp³-hybridized carbons (Fsp3) is 0.0476. The van der Waals surface area contributed by atoms with Crippen LogP contribution in [0.1, 0.15) is 5.56 Å². The summed E-state index contributed by atoms with van der Waals surface area (Å²) in [5.41, 5.74) is 4.82. The van der Waals surface area contributed by atoms with Gasteiger partial charge >= 0.3 is 0 Å². The molecule has 0 spiro atoms. The second-order valence-corrected chi connectivity index (χ2v) is 6.14. The first-order valence-electron chi connectivity index (χ1n) is 8.75. The molecule has 0 radical (unpaired) electrons. The van der Waals surface area contributed by atoms with Crippen molar-refractivity contribution in [3.05, 3.63) is 94.8 Å². The molecule has 2 aromatic heterocycles. The summed E-state index contributed by atoms with van der Waals surface area (Å²) in [6.07, 6.45) is 7.42. The molecule has 4 aromatic rings. The van der Waals surface area contributed by atoms with Crippen molar-refractivity contribution in [3.8, 4) is 11.3 Å². The number of hydrogen-bond donors (Lipinski definition) is 1. The van der Waals surface area contributed by atoms with E-state index in [1.165, 1.54) is 12.1 Å². The van der Waals surface area contributed by atoms with Gasteiger partial charge in [-0.05, 0) is 35.9 Å². The molecule has 28 heavy (non-hydrogen) atoms. The van der Waals surface area contributed by atoms with Gasteiger partial charge in [-0.3, -0.25) is 10.1 Å². The Bertz CT molecular complexity index is 1150. The van der Waals surface area contributed by atoms with Crippen LogP contribution in [0.4, 0.5) is 11.4 Å². The van der Waals surface area contributed by atoms with E-state index in [1.807, 2.05) is 47.0 Å². The van der Waals surface area contributed by atoms with E-state index in [-0.39, 0.29) is 5.69 Å². The van der Waals surface area contributed by atoms with Gasteiger partial charge in [-0.1, -0.05) is 24.3 Å². The number of fused-ring (bicyclic) bond motifs is 1. The summed E-state index contributed by atoms with van der Waals surface area (Å²) in [6.45, 7) is 0.633. The van der Waals surface area contributed by atoms with Crippen LogP contribution >= 0.6 is 0 Å². The molecule has 0 aliphatic carbocycles. The van der Waals surface area contributed by atoms with E-state index < -0.39 is 4.92 Å². The van der Waals surface area contributed by atoms with Crippen LogP contribution < -0.4 is 5.32 Å². The molecule has 0 saturated heterocycles. The van der Waals surface area contributed by atoms with E-state index in [0.717, 1.165) is 28.2 Å². The van der Waals surface area contributed by atoms with Crippen molar-refractivity contribution in [1.82, 2.24) is 14.6 Å². The van der Waals surface area contributed by atoms with Crippen molar-refractivity contribution in [2.45, 2.75) is 0 Å². The summed E-state index contributed by atoms with van der Waals surface area (Å²) in [6, 6.07) is 18.4. The smallest absolute Gasteiger partial charge is 0.269 e. The maximum atomic E-state index is 10.7. The van der Waals surface area contributed by atoms with Crippen LogP contribution in [-0.2, 0) is 0 Å². The molecule has 1 N–H and O–H groups in total. The van der Waals surface area contributed by atoms with E-state index in [1.54, 1.807) is 24.5 Å². The number of aromatic nitrogens is 3. The molecule has 4 rings (SSSR count). The van der Waals surface area contributed by atoms with Crippen molar-refractivity contribution in [1.29, 1.82) is 0 Å². The Labute approximate surface area is 161 Å². The van der Waals surface area contributed by atoms with Crippen molar-refractivity contribution in [2.24, 2.45) is 0 Å². The largest absolute Gasteiger partial charge is 0.382 e. The quantitative estimate of drug-likeness (QED) is 0.400. The average molecular weight is 371 g/mol. The highest BCUT2D eigenvalue weighted by Gasteiger charge is 2.05. The zero-order valence-electron chi connectivity index (χ0n) is 14.9. The number of non-ortho nitro benzene ring substituents is 1. The zero-order valence-corrected chi connectivity index (χ0v) is 14.9. The van der Waals surface area contributed by atoms with Crippen LogP contribution in [0.15, 0.2) is 79.1 Å². The average Bonchev–Trinajstić information content (AvgIpc) is 3.21. The van der Waals surface area contributed by atoms with Gasteiger partial charge in [0.25, 0.3) is 5.69 Å². The van der Waals surface area contributed by atoms with Crippen LogP contribution in [0.5, 0.6) is 0 Å². The van der Waals surface area contributed by atoms with Crippen LogP contribution in [-0.4, -0.2) is 26.1 Å². The van der Waals surface area contributed by atoms with E-state index in [9.17, 15) is 10.1 Å². The highest BCUT2D eigenvalue weighted by molar-refractivity contribution is 5.67. The molecule has 138 valence electrons. The Morgan fingerprint density at radius 1 is 1.07 bits per heavy atom. The van der Waals surface area contributed by atoms with Crippen LogP contribution in [0.2, 0.25) is 0 Å². The minimum Gasteiger partial charge on any atom is -0.382 e. The summed E-state index contributed by atoms with van der Waals surface area (Å²) < 4.78 is 1.81. The van der Waals surface area contributed by atoms with Gasteiger partial charge in [0.1, 0.15) is 0 Å². The first-order valence-corrected chi connectivity index (χ1v) is 8.75. The third-order valence-electron chi connectivity index (χ3n) is 4.29. The third kappa shape index (κ3) is 3.73. The SMILES string of the molecule is O=[N+]([O-])c1ccc(/C=C/CNc2cccc(-c3ccnc4ccnn34)c2)cc1. The molecule has 0 amide bonds. The third-order valence-corrected chi connectivity index (χ3v) is 4.29. The molecule has 2 aromatic carbocycles. The van der Waals surface area contributed by atoms with Gasteiger partial charge in [-0.15, -0.1) is 0 Å². The second-order valence-electron chi connectivity index (χ2n) is 6.14. The number of rotatable bonds is 6. The molecule has 0 fully saturated rings. The summed E-state index contributed by atoms with van der Waals surface area (Å²) in [7, 11) is 0. The predicted molar refractivity (Wildman–Crippen MR) is 109 cm³/mol. The Morgan fingerprint density at radius 3 is 2.75 bits per heavy atom. The Kier molecular flexibility index (Phi) is 4.79. The molecular formula is C21H17N5O2. The lowest BCUT2D eigenvalue weighted by atomic mass is 10.1. The van der Waals surface area contributed by atoms with Crippen LogP contribution in [0.3, 0.4) is 0 Å². The molecular weight excluding hydrogens is 354 g/mol. The number of hydrogen-bond acceptors (Lipinski definition) is 5. The molecule has 2 heterocycles. The Hall–Kier alpha value is -4.00.